The second kappa shape index (κ2) is 6.22. The van der Waals surface area contributed by atoms with Gasteiger partial charge in [0, 0.05) is 17.6 Å². The first-order valence-electron chi connectivity index (χ1n) is 5.66. The minimum atomic E-state index is 0.0472. The minimum Gasteiger partial charge on any atom is -0.497 e. The number of nitrogens with zero attached hydrogens (tertiary/aromatic N) is 1. The molecule has 0 fully saturated rings. The summed E-state index contributed by atoms with van der Waals surface area (Å²) in [6.45, 7) is 2.02. The first kappa shape index (κ1) is 13.4. The third-order valence-electron chi connectivity index (χ3n) is 2.54. The highest BCUT2D eigenvalue weighted by Gasteiger charge is 2.19. The van der Waals surface area contributed by atoms with Crippen molar-refractivity contribution >= 4 is 23.1 Å². The Balaban J connectivity index is 2.23. The van der Waals surface area contributed by atoms with Crippen LogP contribution in [0.5, 0.6) is 5.75 Å². The summed E-state index contributed by atoms with van der Waals surface area (Å²) in [6, 6.07) is 8.10. The molecule has 0 bridgehead atoms. The van der Waals surface area contributed by atoms with E-state index in [2.05, 4.69) is 11.1 Å². The van der Waals surface area contributed by atoms with Gasteiger partial charge in [-0.05, 0) is 24.6 Å². The number of ether oxygens (including phenoxy) is 1. The lowest BCUT2D eigenvalue weighted by atomic mass is 10.1. The maximum atomic E-state index is 6.09. The van der Waals surface area contributed by atoms with Crippen LogP contribution in [-0.2, 0) is 0 Å². The molecule has 2 unspecified atom stereocenters. The highest BCUT2D eigenvalue weighted by molar-refractivity contribution is 8.01. The van der Waals surface area contributed by atoms with Gasteiger partial charge in [-0.25, -0.2) is 4.98 Å². The molecule has 96 valence electrons. The largest absolute Gasteiger partial charge is 0.497 e. The highest BCUT2D eigenvalue weighted by atomic mass is 32.2. The van der Waals surface area contributed by atoms with E-state index >= 15 is 0 Å². The Hall–Kier alpha value is -1.04. The van der Waals surface area contributed by atoms with E-state index in [0.29, 0.717) is 0 Å². The molecule has 0 saturated carbocycles. The summed E-state index contributed by atoms with van der Waals surface area (Å²) in [5, 5.41) is 2.16. The Labute approximate surface area is 115 Å². The molecule has 0 aliphatic carbocycles. The molecule has 2 atom stereocenters. The summed E-state index contributed by atoms with van der Waals surface area (Å²) in [5.74, 6) is 0.859. The summed E-state index contributed by atoms with van der Waals surface area (Å²) in [7, 11) is 1.67. The van der Waals surface area contributed by atoms with Gasteiger partial charge in [-0.15, -0.1) is 11.3 Å². The number of thioether (sulfide) groups is 1. The van der Waals surface area contributed by atoms with Crippen LogP contribution in [0.3, 0.4) is 0 Å². The van der Waals surface area contributed by atoms with Crippen molar-refractivity contribution in [3.05, 3.63) is 41.4 Å². The van der Waals surface area contributed by atoms with Gasteiger partial charge in [-0.1, -0.05) is 23.9 Å². The molecule has 2 rings (SSSR count). The number of methoxy groups -OCH3 is 1. The van der Waals surface area contributed by atoms with Gasteiger partial charge in [0.25, 0.3) is 0 Å². The lowest BCUT2D eigenvalue weighted by molar-refractivity contribution is 0.414. The number of aromatic nitrogens is 1. The molecule has 2 N–H and O–H groups in total. The molecule has 0 spiro atoms. The fourth-order valence-electron chi connectivity index (χ4n) is 1.67. The van der Waals surface area contributed by atoms with E-state index in [9.17, 15) is 0 Å². The molecule has 0 saturated heterocycles. The van der Waals surface area contributed by atoms with E-state index in [1.165, 1.54) is 5.56 Å². The van der Waals surface area contributed by atoms with E-state index < -0.39 is 0 Å². The predicted octanol–water partition coefficient (Wildman–Crippen LogP) is 3.33. The topological polar surface area (TPSA) is 48.1 Å². The van der Waals surface area contributed by atoms with Gasteiger partial charge in [-0.3, -0.25) is 0 Å². The molecule has 2 aromatic rings. The average molecular weight is 280 g/mol. The van der Waals surface area contributed by atoms with Crippen molar-refractivity contribution in [1.82, 2.24) is 4.98 Å². The van der Waals surface area contributed by atoms with Crippen LogP contribution in [0.25, 0.3) is 0 Å². The first-order chi connectivity index (χ1) is 8.70. The monoisotopic (exact) mass is 280 g/mol. The van der Waals surface area contributed by atoms with Crippen LogP contribution < -0.4 is 10.5 Å². The maximum absolute atomic E-state index is 6.09. The molecule has 1 aromatic carbocycles. The lowest BCUT2D eigenvalue weighted by Crippen LogP contribution is -2.22. The fourth-order valence-corrected chi connectivity index (χ4v) is 3.57. The summed E-state index contributed by atoms with van der Waals surface area (Å²) >= 11 is 3.34. The third kappa shape index (κ3) is 3.25. The molecular formula is C13H16N2OS2. The molecule has 18 heavy (non-hydrogen) atoms. The number of hydrogen-bond donors (Lipinski definition) is 1. The number of thiazole rings is 1. The normalized spacial score (nSPS) is 14.2. The SMILES string of the molecule is COc1cccc(C(Sc2nccs2)C(C)N)c1. The lowest BCUT2D eigenvalue weighted by Gasteiger charge is -2.20. The van der Waals surface area contributed by atoms with E-state index in [4.69, 9.17) is 10.5 Å². The quantitative estimate of drug-likeness (QED) is 0.853. The van der Waals surface area contributed by atoms with Gasteiger partial charge in [-0.2, -0.15) is 0 Å². The van der Waals surface area contributed by atoms with Gasteiger partial charge in [0.15, 0.2) is 0 Å². The number of hydrogen-bond acceptors (Lipinski definition) is 5. The van der Waals surface area contributed by atoms with Gasteiger partial charge in [0.2, 0.25) is 0 Å². The third-order valence-corrected chi connectivity index (χ3v) is 4.94. The fraction of sp³-hybridized carbons (Fsp3) is 0.308. The summed E-state index contributed by atoms with van der Waals surface area (Å²) in [5.41, 5.74) is 7.26. The van der Waals surface area contributed by atoms with Crippen molar-refractivity contribution in [2.45, 2.75) is 22.6 Å². The number of rotatable bonds is 5. The van der Waals surface area contributed by atoms with Crippen LogP contribution in [-0.4, -0.2) is 18.1 Å². The Morgan fingerprint density at radius 1 is 1.44 bits per heavy atom. The Kier molecular flexibility index (Phi) is 4.63. The van der Waals surface area contributed by atoms with Gasteiger partial charge in [0.1, 0.15) is 10.1 Å². The zero-order chi connectivity index (χ0) is 13.0. The van der Waals surface area contributed by atoms with Gasteiger partial charge < -0.3 is 10.5 Å². The van der Waals surface area contributed by atoms with Crippen molar-refractivity contribution < 1.29 is 4.74 Å². The molecule has 3 nitrogen and oxygen atoms in total. The average Bonchev–Trinajstić information content (AvgIpc) is 2.88. The second-order valence-electron chi connectivity index (χ2n) is 3.97. The van der Waals surface area contributed by atoms with Crippen LogP contribution in [0.1, 0.15) is 17.7 Å². The summed E-state index contributed by atoms with van der Waals surface area (Å²) in [4.78, 5) is 4.30. The Morgan fingerprint density at radius 2 is 2.28 bits per heavy atom. The molecule has 0 aliphatic heterocycles. The van der Waals surface area contributed by atoms with Crippen LogP contribution in [0, 0.1) is 0 Å². The molecule has 5 heteroatoms. The zero-order valence-corrected chi connectivity index (χ0v) is 12.0. The smallest absolute Gasteiger partial charge is 0.150 e. The van der Waals surface area contributed by atoms with Gasteiger partial charge in [0.05, 0.1) is 12.4 Å². The van der Waals surface area contributed by atoms with E-state index in [-0.39, 0.29) is 11.3 Å². The minimum absolute atomic E-state index is 0.0472. The van der Waals surface area contributed by atoms with Crippen LogP contribution >= 0.6 is 23.1 Å². The molecular weight excluding hydrogens is 264 g/mol. The molecule has 1 heterocycles. The zero-order valence-electron chi connectivity index (χ0n) is 10.4. The van der Waals surface area contributed by atoms with E-state index in [1.54, 1.807) is 30.2 Å². The Bertz CT molecular complexity index is 485. The second-order valence-corrected chi connectivity index (χ2v) is 6.26. The van der Waals surface area contributed by atoms with Crippen LogP contribution in [0.4, 0.5) is 0 Å². The Morgan fingerprint density at radius 3 is 2.89 bits per heavy atom. The van der Waals surface area contributed by atoms with Gasteiger partial charge >= 0.3 is 0 Å². The molecule has 1 aromatic heterocycles. The number of nitrogens with two attached hydrogens (primary N) is 1. The van der Waals surface area contributed by atoms with Crippen molar-refractivity contribution in [3.63, 3.8) is 0 Å². The van der Waals surface area contributed by atoms with Crippen molar-refractivity contribution in [2.75, 3.05) is 7.11 Å². The van der Waals surface area contributed by atoms with E-state index in [1.807, 2.05) is 36.7 Å². The van der Waals surface area contributed by atoms with Crippen molar-refractivity contribution in [3.8, 4) is 5.75 Å². The maximum Gasteiger partial charge on any atom is 0.150 e. The summed E-state index contributed by atoms with van der Waals surface area (Å²) < 4.78 is 6.30. The summed E-state index contributed by atoms with van der Waals surface area (Å²) in [6.07, 6.45) is 1.82. The number of benzene rings is 1. The highest BCUT2D eigenvalue weighted by Crippen LogP contribution is 2.38. The predicted molar refractivity (Wildman–Crippen MR) is 77.4 cm³/mol. The van der Waals surface area contributed by atoms with Crippen molar-refractivity contribution in [2.24, 2.45) is 5.73 Å². The standard InChI is InChI=1S/C13H16N2OS2/c1-9(14)12(18-13-15-6-7-17-13)10-4-3-5-11(8-10)16-2/h3-9,12H,14H2,1-2H3. The first-order valence-corrected chi connectivity index (χ1v) is 7.42. The van der Waals surface area contributed by atoms with E-state index in [0.717, 1.165) is 10.1 Å². The van der Waals surface area contributed by atoms with Crippen LogP contribution in [0.2, 0.25) is 0 Å². The van der Waals surface area contributed by atoms with Crippen LogP contribution in [0.15, 0.2) is 40.2 Å². The van der Waals surface area contributed by atoms with Crippen molar-refractivity contribution in [1.29, 1.82) is 0 Å². The molecule has 0 aliphatic rings. The molecule has 0 radical (unpaired) electrons. The molecule has 0 amide bonds.